The van der Waals surface area contributed by atoms with Gasteiger partial charge in [-0.05, 0) is 73.5 Å². The monoisotopic (exact) mass is 642 g/mol. The number of nitriles is 2. The summed E-state index contributed by atoms with van der Waals surface area (Å²) < 4.78 is 10.8. The molecule has 4 aromatic carbocycles. The van der Waals surface area contributed by atoms with E-state index >= 15 is 0 Å². The van der Waals surface area contributed by atoms with Gasteiger partial charge in [-0.3, -0.25) is 0 Å². The van der Waals surface area contributed by atoms with Crippen molar-refractivity contribution in [1.82, 2.24) is 0 Å². The molecule has 0 saturated carbocycles. The summed E-state index contributed by atoms with van der Waals surface area (Å²) in [6.07, 6.45) is 5.00. The third-order valence-electron chi connectivity index (χ3n) is 7.49. The number of ether oxygens (including phenoxy) is 2. The van der Waals surface area contributed by atoms with Crippen molar-refractivity contribution in [3.63, 3.8) is 0 Å². The van der Waals surface area contributed by atoms with Gasteiger partial charge < -0.3 is 29.5 Å². The molecule has 0 aromatic heterocycles. The van der Waals surface area contributed by atoms with Crippen LogP contribution in [0.15, 0.2) is 108 Å². The van der Waals surface area contributed by atoms with E-state index in [-0.39, 0.29) is 11.1 Å². The molecule has 0 bridgehead atoms. The van der Waals surface area contributed by atoms with Crippen LogP contribution in [0.3, 0.4) is 0 Å². The molecule has 0 aliphatic carbocycles. The summed E-state index contributed by atoms with van der Waals surface area (Å²) in [5.74, 6) is -1.46. The van der Waals surface area contributed by atoms with E-state index < -0.39 is 11.9 Å². The number of benzene rings is 4. The first-order chi connectivity index (χ1) is 23.3. The van der Waals surface area contributed by atoms with Crippen LogP contribution in [0.1, 0.15) is 24.0 Å². The Morgan fingerprint density at radius 1 is 0.688 bits per heavy atom. The zero-order chi connectivity index (χ0) is 34.5. The first-order valence-electron chi connectivity index (χ1n) is 15.0. The molecule has 242 valence electrons. The van der Waals surface area contributed by atoms with Gasteiger partial charge in [-0.2, -0.15) is 10.5 Å². The highest BCUT2D eigenvalue weighted by molar-refractivity contribution is 5.97. The Morgan fingerprint density at radius 3 is 1.58 bits per heavy atom. The first-order valence-corrected chi connectivity index (χ1v) is 15.0. The maximum Gasteiger partial charge on any atom is 0.346 e. The molecule has 1 aliphatic rings. The molecule has 0 spiro atoms. The van der Waals surface area contributed by atoms with Gasteiger partial charge in [0, 0.05) is 59.1 Å². The molecule has 0 atom stereocenters. The van der Waals surface area contributed by atoms with Gasteiger partial charge in [0.2, 0.25) is 0 Å². The Kier molecular flexibility index (Phi) is 11.9. The number of para-hydroxylation sites is 2. The lowest BCUT2D eigenvalue weighted by atomic mass is 10.1. The molecule has 48 heavy (non-hydrogen) atoms. The van der Waals surface area contributed by atoms with E-state index in [1.165, 1.54) is 39.2 Å². The molecule has 1 aliphatic heterocycles. The molecule has 10 heteroatoms. The van der Waals surface area contributed by atoms with Crippen LogP contribution in [0, 0.1) is 22.7 Å². The van der Waals surface area contributed by atoms with Crippen molar-refractivity contribution in [1.29, 1.82) is 10.5 Å². The number of carboxylic acids is 2. The Bertz CT molecular complexity index is 1850. The van der Waals surface area contributed by atoms with Crippen molar-refractivity contribution in [2.45, 2.75) is 12.8 Å². The van der Waals surface area contributed by atoms with Crippen LogP contribution in [-0.4, -0.2) is 49.5 Å². The average molecular weight is 643 g/mol. The molecule has 10 nitrogen and oxygen atoms in total. The fourth-order valence-electron chi connectivity index (χ4n) is 5.15. The van der Waals surface area contributed by atoms with Crippen molar-refractivity contribution in [3.05, 3.63) is 119 Å². The summed E-state index contributed by atoms with van der Waals surface area (Å²) in [6, 6.07) is 34.2. The van der Waals surface area contributed by atoms with Gasteiger partial charge in [0.25, 0.3) is 0 Å². The van der Waals surface area contributed by atoms with Crippen molar-refractivity contribution >= 4 is 46.8 Å². The highest BCUT2D eigenvalue weighted by Crippen LogP contribution is 2.37. The number of hydrogen-bond acceptors (Lipinski definition) is 8. The Hall–Kier alpha value is -6.52. The molecule has 1 saturated heterocycles. The van der Waals surface area contributed by atoms with Gasteiger partial charge in [-0.1, -0.05) is 36.4 Å². The van der Waals surface area contributed by atoms with Gasteiger partial charge in [0.05, 0.1) is 14.2 Å². The summed E-state index contributed by atoms with van der Waals surface area (Å²) in [5.41, 5.74) is 4.31. The summed E-state index contributed by atoms with van der Waals surface area (Å²) in [6.45, 7) is 2.05. The summed E-state index contributed by atoms with van der Waals surface area (Å²) in [4.78, 5) is 26.3. The number of carbonyl (C=O) groups is 2. The van der Waals surface area contributed by atoms with Crippen molar-refractivity contribution in [2.24, 2.45) is 0 Å². The average Bonchev–Trinajstić information content (AvgIpc) is 3.66. The van der Waals surface area contributed by atoms with Crippen LogP contribution < -0.4 is 19.3 Å². The Morgan fingerprint density at radius 2 is 1.15 bits per heavy atom. The van der Waals surface area contributed by atoms with E-state index in [4.69, 9.17) is 30.2 Å². The third kappa shape index (κ3) is 8.59. The van der Waals surface area contributed by atoms with Gasteiger partial charge in [0.15, 0.2) is 0 Å². The molecule has 1 heterocycles. The highest BCUT2D eigenvalue weighted by Gasteiger charge is 2.17. The van der Waals surface area contributed by atoms with Crippen molar-refractivity contribution in [2.75, 3.05) is 37.1 Å². The molecular formula is C38H34N4O6. The molecule has 2 N–H and O–H groups in total. The second-order valence-corrected chi connectivity index (χ2v) is 10.5. The number of anilines is 4. The zero-order valence-electron chi connectivity index (χ0n) is 26.5. The van der Waals surface area contributed by atoms with E-state index in [9.17, 15) is 9.59 Å². The van der Waals surface area contributed by atoms with Gasteiger partial charge >= 0.3 is 11.9 Å². The van der Waals surface area contributed by atoms with E-state index in [1.54, 1.807) is 24.3 Å². The van der Waals surface area contributed by atoms with Gasteiger partial charge in [0.1, 0.15) is 34.8 Å². The lowest BCUT2D eigenvalue weighted by molar-refractivity contribution is -0.133. The second kappa shape index (κ2) is 16.7. The Labute approximate surface area is 279 Å². The Balaban J connectivity index is 0.000000229. The predicted octanol–water partition coefficient (Wildman–Crippen LogP) is 7.44. The number of hydrogen-bond donors (Lipinski definition) is 2. The number of aliphatic carboxylic acids is 2. The summed E-state index contributed by atoms with van der Waals surface area (Å²) in [7, 11) is 3.05. The van der Waals surface area contributed by atoms with Crippen LogP contribution >= 0.6 is 0 Å². The molecule has 0 unspecified atom stereocenters. The number of rotatable bonds is 10. The molecular weight excluding hydrogens is 608 g/mol. The normalized spacial score (nSPS) is 12.5. The quantitative estimate of drug-likeness (QED) is 0.132. The molecule has 0 amide bonds. The van der Waals surface area contributed by atoms with E-state index in [0.29, 0.717) is 22.6 Å². The smallest absolute Gasteiger partial charge is 0.346 e. The van der Waals surface area contributed by atoms with E-state index in [2.05, 4.69) is 9.80 Å². The predicted molar refractivity (Wildman–Crippen MR) is 185 cm³/mol. The van der Waals surface area contributed by atoms with Gasteiger partial charge in [-0.25, -0.2) is 9.59 Å². The summed E-state index contributed by atoms with van der Waals surface area (Å²) >= 11 is 0. The zero-order valence-corrected chi connectivity index (χ0v) is 26.5. The van der Waals surface area contributed by atoms with Crippen molar-refractivity contribution in [3.8, 4) is 23.6 Å². The number of nitrogens with zero attached hydrogens (tertiary/aromatic N) is 4. The minimum absolute atomic E-state index is 0.308. The third-order valence-corrected chi connectivity index (χ3v) is 7.49. The fourth-order valence-corrected chi connectivity index (χ4v) is 5.15. The SMILES string of the molecule is COc1cc(N(c2ccccc2)c2ccccc2)ccc1/C=C(\C#N)C(=O)O.COc1cc(N2CCCC2)ccc1/C=C(\C#N)C(=O)O. The van der Waals surface area contributed by atoms with Crippen LogP contribution in [0.25, 0.3) is 12.2 Å². The molecule has 1 fully saturated rings. The van der Waals surface area contributed by atoms with E-state index in [1.807, 2.05) is 84.9 Å². The van der Waals surface area contributed by atoms with Crippen LogP contribution in [-0.2, 0) is 9.59 Å². The maximum atomic E-state index is 11.1. The standard InChI is InChI=1S/C23H18N2O3.C15H16N2O3/c1-28-22-15-21(13-12-17(22)14-18(16-24)23(26)27)25(19-8-4-2-5-9-19)20-10-6-3-7-11-20;1-20-14-9-13(17-6-2-3-7-17)5-4-11(14)8-12(10-16)15(18)19/h2-15H,1H3,(H,26,27);4-5,8-9H,2-3,6-7H2,1H3,(H,18,19)/b18-14+;12-8+. The van der Waals surface area contributed by atoms with E-state index in [0.717, 1.165) is 35.8 Å². The minimum Gasteiger partial charge on any atom is -0.496 e. The topological polar surface area (TPSA) is 147 Å². The van der Waals surface area contributed by atoms with Gasteiger partial charge in [-0.15, -0.1) is 0 Å². The minimum atomic E-state index is -1.27. The lowest BCUT2D eigenvalue weighted by Crippen LogP contribution is -2.17. The van der Waals surface area contributed by atoms with Crippen molar-refractivity contribution < 1.29 is 29.3 Å². The largest absolute Gasteiger partial charge is 0.496 e. The second-order valence-electron chi connectivity index (χ2n) is 10.5. The fraction of sp³-hybridized carbons (Fsp3) is 0.158. The lowest BCUT2D eigenvalue weighted by Gasteiger charge is -2.26. The molecule has 5 rings (SSSR count). The summed E-state index contributed by atoms with van der Waals surface area (Å²) in [5, 5.41) is 35.8. The van der Waals surface area contributed by atoms with Crippen LogP contribution in [0.4, 0.5) is 22.7 Å². The van der Waals surface area contributed by atoms with Crippen LogP contribution in [0.2, 0.25) is 0 Å². The number of carboxylic acid groups (broad SMARTS) is 2. The highest BCUT2D eigenvalue weighted by atomic mass is 16.5. The first kappa shape index (κ1) is 34.4. The number of methoxy groups -OCH3 is 2. The van der Waals surface area contributed by atoms with Crippen LogP contribution in [0.5, 0.6) is 11.5 Å². The molecule has 4 aromatic rings. The molecule has 0 radical (unpaired) electrons. The maximum absolute atomic E-state index is 11.1.